The van der Waals surface area contributed by atoms with E-state index in [1.807, 2.05) is 0 Å². The van der Waals surface area contributed by atoms with Crippen molar-refractivity contribution in [3.8, 4) is 0 Å². The number of nitrogens with zero attached hydrogens (tertiary/aromatic N) is 2. The number of aromatic amines is 1. The Labute approximate surface area is 85.7 Å². The van der Waals surface area contributed by atoms with Crippen LogP contribution in [0.2, 0.25) is 0 Å². The average molecular weight is 209 g/mol. The van der Waals surface area contributed by atoms with Gasteiger partial charge in [-0.05, 0) is 0 Å². The number of hydrogen-bond donors (Lipinski definition) is 3. The average Bonchev–Trinajstić information content (AvgIpc) is 2.84. The van der Waals surface area contributed by atoms with Crippen LogP contribution in [-0.4, -0.2) is 33.5 Å². The first-order chi connectivity index (χ1) is 7.25. The molecule has 0 aliphatic carbocycles. The number of H-pyrrole nitrogens is 1. The molecule has 2 rings (SSSR count). The van der Waals surface area contributed by atoms with Gasteiger partial charge in [0.2, 0.25) is 11.8 Å². The molecule has 0 spiro atoms. The summed E-state index contributed by atoms with van der Waals surface area (Å²) in [6.07, 6.45) is 1.64. The molecule has 1 aromatic rings. The fraction of sp³-hybridized carbons (Fsp3) is 0.500. The second-order valence-corrected chi connectivity index (χ2v) is 3.36. The Morgan fingerprint density at radius 2 is 2.53 bits per heavy atom. The highest BCUT2D eigenvalue weighted by Crippen LogP contribution is 2.08. The van der Waals surface area contributed by atoms with Gasteiger partial charge < -0.3 is 10.6 Å². The van der Waals surface area contributed by atoms with Crippen molar-refractivity contribution in [3.05, 3.63) is 12.2 Å². The van der Waals surface area contributed by atoms with E-state index in [1.165, 1.54) is 6.33 Å². The van der Waals surface area contributed by atoms with Gasteiger partial charge >= 0.3 is 0 Å². The summed E-state index contributed by atoms with van der Waals surface area (Å²) in [7, 11) is 0. The number of carbonyl (C=O) groups is 2. The van der Waals surface area contributed by atoms with Gasteiger partial charge in [-0.25, -0.2) is 4.98 Å². The Morgan fingerprint density at radius 1 is 1.67 bits per heavy atom. The van der Waals surface area contributed by atoms with Crippen LogP contribution in [0.1, 0.15) is 12.2 Å². The molecule has 0 aromatic carbocycles. The fourth-order valence-corrected chi connectivity index (χ4v) is 1.42. The maximum Gasteiger partial charge on any atom is 0.225 e. The summed E-state index contributed by atoms with van der Waals surface area (Å²) in [5.74, 6) is 0.126. The van der Waals surface area contributed by atoms with E-state index in [1.54, 1.807) is 0 Å². The first kappa shape index (κ1) is 9.63. The minimum Gasteiger partial charge on any atom is -0.355 e. The number of aromatic nitrogens is 3. The zero-order valence-electron chi connectivity index (χ0n) is 7.99. The van der Waals surface area contributed by atoms with E-state index >= 15 is 0 Å². The maximum atomic E-state index is 11.5. The highest BCUT2D eigenvalue weighted by Gasteiger charge is 2.27. The molecule has 0 saturated carbocycles. The van der Waals surface area contributed by atoms with Crippen molar-refractivity contribution in [2.45, 2.75) is 13.0 Å². The van der Waals surface area contributed by atoms with E-state index in [0.717, 1.165) is 0 Å². The van der Waals surface area contributed by atoms with Gasteiger partial charge in [-0.15, -0.1) is 0 Å². The van der Waals surface area contributed by atoms with Crippen molar-refractivity contribution >= 4 is 11.8 Å². The lowest BCUT2D eigenvalue weighted by Gasteiger charge is -2.06. The molecular formula is C8H11N5O2. The molecule has 1 saturated heterocycles. The van der Waals surface area contributed by atoms with Gasteiger partial charge in [-0.3, -0.25) is 14.7 Å². The normalized spacial score (nSPS) is 20.0. The summed E-state index contributed by atoms with van der Waals surface area (Å²) in [5, 5.41) is 11.6. The molecule has 1 unspecified atom stereocenters. The predicted molar refractivity (Wildman–Crippen MR) is 49.3 cm³/mol. The standard InChI is InChI=1S/C8H11N5O2/c14-7-1-5(2-9-7)8(15)10-3-6-11-4-12-13-6/h4-5H,1-3H2,(H,9,14)(H,10,15)(H,11,12,13). The van der Waals surface area contributed by atoms with Gasteiger partial charge in [-0.1, -0.05) is 0 Å². The SMILES string of the molecule is O=C1CC(C(=O)NCc2ncn[nH]2)CN1. The summed E-state index contributed by atoms with van der Waals surface area (Å²) in [6.45, 7) is 0.727. The predicted octanol–water partition coefficient (Wildman–Crippen LogP) is -1.44. The number of nitrogens with one attached hydrogen (secondary N) is 3. The van der Waals surface area contributed by atoms with Crippen molar-refractivity contribution < 1.29 is 9.59 Å². The zero-order chi connectivity index (χ0) is 10.7. The third-order valence-corrected chi connectivity index (χ3v) is 2.24. The minimum atomic E-state index is -0.263. The molecule has 1 aromatic heterocycles. The lowest BCUT2D eigenvalue weighted by atomic mass is 10.1. The van der Waals surface area contributed by atoms with Gasteiger partial charge in [0.05, 0.1) is 12.5 Å². The van der Waals surface area contributed by atoms with Gasteiger partial charge in [0.25, 0.3) is 0 Å². The van der Waals surface area contributed by atoms with E-state index in [0.29, 0.717) is 18.9 Å². The summed E-state index contributed by atoms with van der Waals surface area (Å²) < 4.78 is 0. The van der Waals surface area contributed by atoms with Gasteiger partial charge in [0.15, 0.2) is 0 Å². The summed E-state index contributed by atoms with van der Waals surface area (Å²) >= 11 is 0. The molecule has 3 N–H and O–H groups in total. The second-order valence-electron chi connectivity index (χ2n) is 3.36. The number of hydrogen-bond acceptors (Lipinski definition) is 4. The van der Waals surface area contributed by atoms with Crippen molar-refractivity contribution in [2.75, 3.05) is 6.54 Å². The zero-order valence-corrected chi connectivity index (χ0v) is 7.99. The second kappa shape index (κ2) is 4.07. The van der Waals surface area contributed by atoms with Crippen LogP contribution in [0.25, 0.3) is 0 Å². The fourth-order valence-electron chi connectivity index (χ4n) is 1.42. The Balaban J connectivity index is 1.80. The number of amides is 2. The van der Waals surface area contributed by atoms with E-state index in [2.05, 4.69) is 25.8 Å². The van der Waals surface area contributed by atoms with Gasteiger partial charge in [0, 0.05) is 13.0 Å². The highest BCUT2D eigenvalue weighted by atomic mass is 16.2. The van der Waals surface area contributed by atoms with Crippen LogP contribution in [0.15, 0.2) is 6.33 Å². The molecule has 15 heavy (non-hydrogen) atoms. The molecule has 7 heteroatoms. The lowest BCUT2D eigenvalue weighted by Crippen LogP contribution is -2.31. The lowest BCUT2D eigenvalue weighted by molar-refractivity contribution is -0.126. The Hall–Kier alpha value is -1.92. The minimum absolute atomic E-state index is 0.0742. The number of carbonyl (C=O) groups excluding carboxylic acids is 2. The van der Waals surface area contributed by atoms with Crippen LogP contribution < -0.4 is 10.6 Å². The molecule has 2 heterocycles. The van der Waals surface area contributed by atoms with Gasteiger partial charge in [-0.2, -0.15) is 5.10 Å². The van der Waals surface area contributed by atoms with E-state index in [-0.39, 0.29) is 24.2 Å². The van der Waals surface area contributed by atoms with Crippen LogP contribution in [0.3, 0.4) is 0 Å². The smallest absolute Gasteiger partial charge is 0.225 e. The third kappa shape index (κ3) is 2.30. The largest absolute Gasteiger partial charge is 0.355 e. The van der Waals surface area contributed by atoms with Crippen molar-refractivity contribution in [1.82, 2.24) is 25.8 Å². The molecule has 1 aliphatic heterocycles. The summed E-state index contributed by atoms with van der Waals surface area (Å²) in [6, 6.07) is 0. The van der Waals surface area contributed by atoms with E-state index < -0.39 is 0 Å². The molecule has 0 radical (unpaired) electrons. The van der Waals surface area contributed by atoms with Crippen LogP contribution in [0.5, 0.6) is 0 Å². The first-order valence-corrected chi connectivity index (χ1v) is 4.64. The molecular weight excluding hydrogens is 198 g/mol. The monoisotopic (exact) mass is 209 g/mol. The van der Waals surface area contributed by atoms with Crippen LogP contribution in [0.4, 0.5) is 0 Å². The van der Waals surface area contributed by atoms with Crippen molar-refractivity contribution in [2.24, 2.45) is 5.92 Å². The Morgan fingerprint density at radius 3 is 3.13 bits per heavy atom. The molecule has 1 aliphatic rings. The molecule has 80 valence electrons. The van der Waals surface area contributed by atoms with E-state index in [9.17, 15) is 9.59 Å². The molecule has 2 amide bonds. The van der Waals surface area contributed by atoms with E-state index in [4.69, 9.17) is 0 Å². The molecule has 1 atom stereocenters. The Bertz CT molecular complexity index is 361. The van der Waals surface area contributed by atoms with Crippen LogP contribution >= 0.6 is 0 Å². The van der Waals surface area contributed by atoms with Crippen LogP contribution in [-0.2, 0) is 16.1 Å². The maximum absolute atomic E-state index is 11.5. The van der Waals surface area contributed by atoms with Gasteiger partial charge in [0.1, 0.15) is 12.2 Å². The quantitative estimate of drug-likeness (QED) is 0.567. The first-order valence-electron chi connectivity index (χ1n) is 4.64. The summed E-state index contributed by atoms with van der Waals surface area (Å²) in [4.78, 5) is 26.3. The van der Waals surface area contributed by atoms with Crippen molar-refractivity contribution in [3.63, 3.8) is 0 Å². The van der Waals surface area contributed by atoms with Crippen LogP contribution in [0, 0.1) is 5.92 Å². The topological polar surface area (TPSA) is 99.8 Å². The molecule has 0 bridgehead atoms. The number of rotatable bonds is 3. The van der Waals surface area contributed by atoms with Crippen molar-refractivity contribution in [1.29, 1.82) is 0 Å². The highest BCUT2D eigenvalue weighted by molar-refractivity contribution is 5.89. The summed E-state index contributed by atoms with van der Waals surface area (Å²) in [5.41, 5.74) is 0. The molecule has 1 fully saturated rings. The Kier molecular flexibility index (Phi) is 2.61. The third-order valence-electron chi connectivity index (χ3n) is 2.24. The molecule has 7 nitrogen and oxygen atoms in total.